The summed E-state index contributed by atoms with van der Waals surface area (Å²) in [5, 5.41) is 44.7. The van der Waals surface area contributed by atoms with Crippen LogP contribution < -0.4 is 5.73 Å². The van der Waals surface area contributed by atoms with E-state index in [1.165, 1.54) is 11.0 Å². The number of Topliss-reactive ketones (excluding diaryl/α,β-unsaturated/α-hetero) is 2. The van der Waals surface area contributed by atoms with E-state index in [9.17, 15) is 34.8 Å². The fourth-order valence-corrected chi connectivity index (χ4v) is 6.40. The van der Waals surface area contributed by atoms with Gasteiger partial charge in [-0.1, -0.05) is 0 Å². The molecule has 5 rings (SSSR count). The van der Waals surface area contributed by atoms with Gasteiger partial charge in [-0.2, -0.15) is 0 Å². The lowest BCUT2D eigenvalue weighted by atomic mass is 9.58. The van der Waals surface area contributed by atoms with E-state index in [0.29, 0.717) is 29.2 Å². The summed E-state index contributed by atoms with van der Waals surface area (Å²) in [6.07, 6.45) is 0.201. The molecule has 0 aliphatic heterocycles. The number of furan rings is 1. The standard InChI is InChI=1S/C28H31N3O8/c1-30(2)11-13-5-8-18(39-13)14-6-7-17(32)20-15(14)9-12-10-16-22(31(3)4)24(34)21(27(29)37)26(36)28(16,38)25(35)19(12)23(20)33/h5-8,12,16,22,32,34-35,38H,9-11H2,1-4H3,(H2,29,37)/t12-,16-,22?,28-/m0/s1. The zero-order valence-electron chi connectivity index (χ0n) is 22.1. The van der Waals surface area contributed by atoms with Crippen LogP contribution in [0.4, 0.5) is 0 Å². The third-order valence-corrected chi connectivity index (χ3v) is 8.01. The predicted molar refractivity (Wildman–Crippen MR) is 139 cm³/mol. The highest BCUT2D eigenvalue weighted by Crippen LogP contribution is 2.53. The summed E-state index contributed by atoms with van der Waals surface area (Å²) < 4.78 is 6.02. The van der Waals surface area contributed by atoms with Crippen molar-refractivity contribution in [1.82, 2.24) is 9.80 Å². The average molecular weight is 538 g/mol. The molecule has 0 spiro atoms. The van der Waals surface area contributed by atoms with Crippen molar-refractivity contribution >= 4 is 17.5 Å². The van der Waals surface area contributed by atoms with E-state index in [0.717, 1.165) is 0 Å². The molecule has 206 valence electrons. The molecule has 6 N–H and O–H groups in total. The highest BCUT2D eigenvalue weighted by molar-refractivity contribution is 6.24. The molecule has 3 aliphatic rings. The molecule has 0 bridgehead atoms. The van der Waals surface area contributed by atoms with Gasteiger partial charge in [0.05, 0.1) is 18.2 Å². The summed E-state index contributed by atoms with van der Waals surface area (Å²) in [4.78, 5) is 42.8. The summed E-state index contributed by atoms with van der Waals surface area (Å²) in [5.74, 6) is -5.60. The lowest BCUT2D eigenvalue weighted by Crippen LogP contribution is -2.63. The lowest BCUT2D eigenvalue weighted by Gasteiger charge is -2.50. The van der Waals surface area contributed by atoms with Crippen LogP contribution in [0.5, 0.6) is 5.75 Å². The number of benzene rings is 1. The lowest BCUT2D eigenvalue weighted by molar-refractivity contribution is -0.148. The molecule has 1 aromatic carbocycles. The molecule has 39 heavy (non-hydrogen) atoms. The van der Waals surface area contributed by atoms with E-state index in [1.54, 1.807) is 26.2 Å². The third kappa shape index (κ3) is 3.80. The number of primary amides is 1. The Balaban J connectivity index is 1.67. The Hall–Kier alpha value is -3.93. The minimum Gasteiger partial charge on any atom is -0.510 e. The quantitative estimate of drug-likeness (QED) is 0.351. The molecule has 2 aromatic rings. The van der Waals surface area contributed by atoms with Crippen molar-refractivity contribution in [2.75, 3.05) is 28.2 Å². The first-order valence-corrected chi connectivity index (χ1v) is 12.5. The first-order valence-electron chi connectivity index (χ1n) is 12.5. The number of nitrogens with zero attached hydrogens (tertiary/aromatic N) is 2. The Bertz CT molecular complexity index is 1480. The van der Waals surface area contributed by atoms with Gasteiger partial charge < -0.3 is 35.5 Å². The van der Waals surface area contributed by atoms with Crippen molar-refractivity contribution in [3.05, 3.63) is 63.8 Å². The maximum absolute atomic E-state index is 13.8. The topological polar surface area (TPSA) is 178 Å². The van der Waals surface area contributed by atoms with E-state index in [1.807, 2.05) is 25.1 Å². The molecule has 1 amide bonds. The number of phenolic OH excluding ortho intramolecular Hbond substituents is 1. The van der Waals surface area contributed by atoms with Crippen LogP contribution in [0.3, 0.4) is 0 Å². The molecule has 0 saturated heterocycles. The summed E-state index contributed by atoms with van der Waals surface area (Å²) in [6, 6.07) is 5.59. The Kier molecular flexibility index (Phi) is 6.21. The highest BCUT2D eigenvalue weighted by atomic mass is 16.4. The van der Waals surface area contributed by atoms with Crippen molar-refractivity contribution in [3.63, 3.8) is 0 Å². The molecule has 4 atom stereocenters. The van der Waals surface area contributed by atoms with Crippen molar-refractivity contribution < 1.29 is 39.2 Å². The first kappa shape index (κ1) is 26.7. The number of carbonyl (C=O) groups is 3. The van der Waals surface area contributed by atoms with Crippen LogP contribution in [-0.2, 0) is 22.6 Å². The molecule has 11 heteroatoms. The van der Waals surface area contributed by atoms with Crippen molar-refractivity contribution in [2.45, 2.75) is 31.0 Å². The fraction of sp³-hybridized carbons (Fsp3) is 0.393. The van der Waals surface area contributed by atoms with Crippen LogP contribution in [-0.4, -0.2) is 87.5 Å². The second-order valence-corrected chi connectivity index (χ2v) is 11.0. The zero-order valence-corrected chi connectivity index (χ0v) is 22.1. The Labute approximate surface area is 224 Å². The van der Waals surface area contributed by atoms with Crippen molar-refractivity contribution in [1.29, 1.82) is 0 Å². The summed E-state index contributed by atoms with van der Waals surface area (Å²) in [7, 11) is 6.99. The summed E-state index contributed by atoms with van der Waals surface area (Å²) >= 11 is 0. The number of carbonyl (C=O) groups excluding carboxylic acids is 3. The maximum Gasteiger partial charge on any atom is 0.255 e. The van der Waals surface area contributed by atoms with E-state index in [4.69, 9.17) is 10.2 Å². The number of nitrogens with two attached hydrogens (primary N) is 1. The van der Waals surface area contributed by atoms with E-state index >= 15 is 0 Å². The number of allylic oxidation sites excluding steroid dienone is 1. The number of aromatic hydroxyl groups is 1. The largest absolute Gasteiger partial charge is 0.510 e. The molecule has 3 aliphatic carbocycles. The number of fused-ring (bicyclic) bond motifs is 3. The number of hydrogen-bond acceptors (Lipinski definition) is 10. The Morgan fingerprint density at radius 2 is 1.79 bits per heavy atom. The molecule has 1 heterocycles. The normalized spacial score (nSPS) is 26.7. The van der Waals surface area contributed by atoms with Crippen LogP contribution in [0.2, 0.25) is 0 Å². The van der Waals surface area contributed by atoms with Gasteiger partial charge in [-0.05, 0) is 76.8 Å². The maximum atomic E-state index is 13.8. The number of aliphatic hydroxyl groups is 3. The number of aliphatic hydroxyl groups excluding tert-OH is 2. The predicted octanol–water partition coefficient (Wildman–Crippen LogP) is 1.44. The van der Waals surface area contributed by atoms with Crippen LogP contribution in [0, 0.1) is 11.8 Å². The third-order valence-electron chi connectivity index (χ3n) is 8.01. The highest BCUT2D eigenvalue weighted by Gasteiger charge is 2.63. The van der Waals surface area contributed by atoms with Gasteiger partial charge in [0, 0.05) is 17.1 Å². The van der Waals surface area contributed by atoms with Gasteiger partial charge in [0.15, 0.2) is 11.4 Å². The first-order chi connectivity index (χ1) is 18.3. The molecule has 0 fully saturated rings. The molecular formula is C28H31N3O8. The van der Waals surface area contributed by atoms with E-state index in [2.05, 4.69) is 0 Å². The van der Waals surface area contributed by atoms with Gasteiger partial charge in [-0.15, -0.1) is 0 Å². The fourth-order valence-electron chi connectivity index (χ4n) is 6.40. The van der Waals surface area contributed by atoms with Crippen LogP contribution >= 0.6 is 0 Å². The molecule has 0 saturated carbocycles. The van der Waals surface area contributed by atoms with Gasteiger partial charge in [0.2, 0.25) is 5.78 Å². The number of rotatable bonds is 5. The zero-order chi connectivity index (χ0) is 28.5. The van der Waals surface area contributed by atoms with Crippen LogP contribution in [0.25, 0.3) is 11.3 Å². The second kappa shape index (κ2) is 9.08. The molecular weight excluding hydrogens is 506 g/mol. The van der Waals surface area contributed by atoms with Gasteiger partial charge in [0.1, 0.15) is 34.4 Å². The number of likely N-dealkylation sites (N-methyl/N-ethyl adjacent to an activating group) is 1. The number of amides is 1. The van der Waals surface area contributed by atoms with Crippen LogP contribution in [0.1, 0.15) is 28.1 Å². The van der Waals surface area contributed by atoms with Gasteiger partial charge in [0.25, 0.3) is 5.91 Å². The van der Waals surface area contributed by atoms with Crippen LogP contribution in [0.15, 0.2) is 51.3 Å². The minimum atomic E-state index is -2.67. The average Bonchev–Trinajstić information content (AvgIpc) is 3.28. The smallest absolute Gasteiger partial charge is 0.255 e. The van der Waals surface area contributed by atoms with Gasteiger partial charge >= 0.3 is 0 Å². The second-order valence-electron chi connectivity index (χ2n) is 11.0. The van der Waals surface area contributed by atoms with Gasteiger partial charge in [-0.3, -0.25) is 19.3 Å². The van der Waals surface area contributed by atoms with Crippen molar-refractivity contribution in [2.24, 2.45) is 17.6 Å². The molecule has 1 aromatic heterocycles. The number of hydrogen-bond donors (Lipinski definition) is 5. The SMILES string of the molecule is CN(C)Cc1ccc(-c2ccc(O)c3c2C[C@H]2C[C@H]4C(N(C)C)C(O)=C(C(N)=O)C(=O)[C@@]4(O)C(O)=C2C3=O)o1. The Morgan fingerprint density at radius 1 is 1.10 bits per heavy atom. The van der Waals surface area contributed by atoms with Crippen molar-refractivity contribution in [3.8, 4) is 17.1 Å². The minimum absolute atomic E-state index is 0.0187. The molecule has 0 radical (unpaired) electrons. The van der Waals surface area contributed by atoms with E-state index < -0.39 is 58.0 Å². The molecule has 1 unspecified atom stereocenters. The monoisotopic (exact) mass is 537 g/mol. The number of phenols is 1. The summed E-state index contributed by atoms with van der Waals surface area (Å²) in [5.41, 5.74) is 2.72. The Morgan fingerprint density at radius 3 is 2.41 bits per heavy atom. The molecule has 11 nitrogen and oxygen atoms in total. The summed E-state index contributed by atoms with van der Waals surface area (Å²) in [6.45, 7) is 0.563. The van der Waals surface area contributed by atoms with E-state index in [-0.39, 0.29) is 29.7 Å². The number of ketones is 2. The van der Waals surface area contributed by atoms with Gasteiger partial charge in [-0.25, -0.2) is 0 Å².